The summed E-state index contributed by atoms with van der Waals surface area (Å²) in [5.74, 6) is 0.630. The largest absolute Gasteiger partial charge is 0.389 e. The van der Waals surface area contributed by atoms with E-state index in [0.29, 0.717) is 21.4 Å². The molecule has 1 aromatic heterocycles. The molecule has 0 aliphatic carbocycles. The van der Waals surface area contributed by atoms with Crippen LogP contribution in [0.5, 0.6) is 0 Å². The summed E-state index contributed by atoms with van der Waals surface area (Å²) in [6.45, 7) is 1.91. The Labute approximate surface area is 130 Å². The van der Waals surface area contributed by atoms with Gasteiger partial charge in [0, 0.05) is 15.9 Å². The molecule has 0 radical (unpaired) electrons. The zero-order valence-electron chi connectivity index (χ0n) is 10.1. The number of anilines is 2. The normalized spacial score (nSPS) is 10.3. The molecule has 0 atom stereocenters. The smallest absolute Gasteiger partial charge is 0.140 e. The fourth-order valence-electron chi connectivity index (χ4n) is 1.56. The molecule has 6 heteroatoms. The second kappa shape index (κ2) is 5.86. The standard InChI is InChI=1S/C13H11BrClN3S/c1-7-2-4-9(12(16)19)13(17-7)18-8-3-5-10(14)11(15)6-8/h2-6H,1H3,(H2,16,19)(H,17,18). The lowest BCUT2D eigenvalue weighted by Crippen LogP contribution is -2.13. The van der Waals surface area contributed by atoms with E-state index in [2.05, 4.69) is 26.2 Å². The van der Waals surface area contributed by atoms with E-state index in [0.717, 1.165) is 15.9 Å². The van der Waals surface area contributed by atoms with Crippen molar-refractivity contribution in [1.82, 2.24) is 4.98 Å². The van der Waals surface area contributed by atoms with Gasteiger partial charge < -0.3 is 11.1 Å². The van der Waals surface area contributed by atoms with Crippen LogP contribution in [0.25, 0.3) is 0 Å². The zero-order chi connectivity index (χ0) is 14.0. The van der Waals surface area contributed by atoms with Crippen LogP contribution in [0.3, 0.4) is 0 Å². The number of nitrogens with two attached hydrogens (primary N) is 1. The van der Waals surface area contributed by atoms with E-state index in [1.54, 1.807) is 6.07 Å². The van der Waals surface area contributed by atoms with Crippen molar-refractivity contribution >= 4 is 56.2 Å². The van der Waals surface area contributed by atoms with Crippen LogP contribution in [0.15, 0.2) is 34.8 Å². The van der Waals surface area contributed by atoms with Crippen molar-refractivity contribution in [1.29, 1.82) is 0 Å². The first-order chi connectivity index (χ1) is 8.97. The highest BCUT2D eigenvalue weighted by Gasteiger charge is 2.08. The second-order valence-electron chi connectivity index (χ2n) is 3.97. The van der Waals surface area contributed by atoms with Gasteiger partial charge in [-0.1, -0.05) is 23.8 Å². The second-order valence-corrected chi connectivity index (χ2v) is 5.67. The highest BCUT2D eigenvalue weighted by atomic mass is 79.9. The summed E-state index contributed by atoms with van der Waals surface area (Å²) in [5, 5.41) is 3.80. The van der Waals surface area contributed by atoms with Crippen LogP contribution in [-0.4, -0.2) is 9.97 Å². The summed E-state index contributed by atoms with van der Waals surface area (Å²) in [4.78, 5) is 4.71. The third-order valence-electron chi connectivity index (χ3n) is 2.48. The Morgan fingerprint density at radius 1 is 1.37 bits per heavy atom. The van der Waals surface area contributed by atoms with Crippen LogP contribution in [0.4, 0.5) is 11.5 Å². The molecule has 3 nitrogen and oxygen atoms in total. The molecule has 2 aromatic rings. The molecule has 0 bridgehead atoms. The fraction of sp³-hybridized carbons (Fsp3) is 0.0769. The summed E-state index contributed by atoms with van der Waals surface area (Å²) in [6, 6.07) is 9.28. The number of hydrogen-bond donors (Lipinski definition) is 2. The maximum Gasteiger partial charge on any atom is 0.140 e. The predicted molar refractivity (Wildman–Crippen MR) is 87.3 cm³/mol. The Kier molecular flexibility index (Phi) is 4.39. The molecule has 0 saturated carbocycles. The van der Waals surface area contributed by atoms with E-state index in [1.165, 1.54) is 0 Å². The first-order valence-corrected chi connectivity index (χ1v) is 7.05. The van der Waals surface area contributed by atoms with Gasteiger partial charge in [0.1, 0.15) is 10.8 Å². The quantitative estimate of drug-likeness (QED) is 0.810. The number of nitrogens with zero attached hydrogens (tertiary/aromatic N) is 1. The van der Waals surface area contributed by atoms with Crippen molar-refractivity contribution in [2.24, 2.45) is 5.73 Å². The zero-order valence-corrected chi connectivity index (χ0v) is 13.2. The number of benzene rings is 1. The molecule has 2 rings (SSSR count). The number of pyridine rings is 1. The maximum atomic E-state index is 6.06. The van der Waals surface area contributed by atoms with Crippen molar-refractivity contribution in [2.45, 2.75) is 6.92 Å². The van der Waals surface area contributed by atoms with Crippen LogP contribution in [0.2, 0.25) is 5.02 Å². The average molecular weight is 357 g/mol. The van der Waals surface area contributed by atoms with Gasteiger partial charge in [-0.3, -0.25) is 0 Å². The van der Waals surface area contributed by atoms with Crippen molar-refractivity contribution < 1.29 is 0 Å². The monoisotopic (exact) mass is 355 g/mol. The van der Waals surface area contributed by atoms with E-state index < -0.39 is 0 Å². The Morgan fingerprint density at radius 2 is 2.11 bits per heavy atom. The van der Waals surface area contributed by atoms with Crippen LogP contribution < -0.4 is 11.1 Å². The molecule has 0 unspecified atom stereocenters. The summed E-state index contributed by atoms with van der Waals surface area (Å²) >= 11 is 14.4. The first kappa shape index (κ1) is 14.2. The SMILES string of the molecule is Cc1ccc(C(N)=S)c(Nc2ccc(Br)c(Cl)c2)n1. The van der Waals surface area contributed by atoms with Gasteiger partial charge in [0.15, 0.2) is 0 Å². The lowest BCUT2D eigenvalue weighted by Gasteiger charge is -2.11. The number of aromatic nitrogens is 1. The van der Waals surface area contributed by atoms with Crippen LogP contribution >= 0.6 is 39.7 Å². The molecule has 98 valence electrons. The van der Waals surface area contributed by atoms with Crippen LogP contribution in [0, 0.1) is 6.92 Å². The van der Waals surface area contributed by atoms with Crippen molar-refractivity contribution in [3.63, 3.8) is 0 Å². The van der Waals surface area contributed by atoms with E-state index >= 15 is 0 Å². The summed E-state index contributed by atoms with van der Waals surface area (Å²) in [6.07, 6.45) is 0. The lowest BCUT2D eigenvalue weighted by atomic mass is 10.2. The highest BCUT2D eigenvalue weighted by molar-refractivity contribution is 9.10. The lowest BCUT2D eigenvalue weighted by molar-refractivity contribution is 1.19. The number of nitrogens with one attached hydrogen (secondary N) is 1. The Hall–Kier alpha value is -1.17. The van der Waals surface area contributed by atoms with Crippen LogP contribution in [-0.2, 0) is 0 Å². The van der Waals surface area contributed by atoms with Crippen molar-refractivity contribution in [3.05, 3.63) is 51.1 Å². The van der Waals surface area contributed by atoms with Gasteiger partial charge in [0.25, 0.3) is 0 Å². The van der Waals surface area contributed by atoms with E-state index in [1.807, 2.05) is 31.2 Å². The Morgan fingerprint density at radius 3 is 2.74 bits per heavy atom. The Balaban J connectivity index is 2.39. The summed E-state index contributed by atoms with van der Waals surface area (Å²) < 4.78 is 0.839. The predicted octanol–water partition coefficient (Wildman–Crippen LogP) is 4.18. The molecule has 0 amide bonds. The molecule has 0 spiro atoms. The summed E-state index contributed by atoms with van der Waals surface area (Å²) in [7, 11) is 0. The van der Waals surface area contributed by atoms with Crippen molar-refractivity contribution in [3.8, 4) is 0 Å². The number of rotatable bonds is 3. The molecule has 1 heterocycles. The van der Waals surface area contributed by atoms with Gasteiger partial charge in [-0.05, 0) is 53.2 Å². The first-order valence-electron chi connectivity index (χ1n) is 5.47. The molecular formula is C13H11BrClN3S. The van der Waals surface area contributed by atoms with Gasteiger partial charge in [0.05, 0.1) is 10.6 Å². The average Bonchev–Trinajstić information content (AvgIpc) is 2.33. The molecule has 0 aliphatic heterocycles. The third kappa shape index (κ3) is 3.43. The number of aryl methyl sites for hydroxylation is 1. The van der Waals surface area contributed by atoms with Gasteiger partial charge in [-0.2, -0.15) is 0 Å². The van der Waals surface area contributed by atoms with Gasteiger partial charge >= 0.3 is 0 Å². The van der Waals surface area contributed by atoms with E-state index in [4.69, 9.17) is 29.6 Å². The van der Waals surface area contributed by atoms with Gasteiger partial charge in [-0.25, -0.2) is 4.98 Å². The third-order valence-corrected chi connectivity index (χ3v) is 3.93. The Bertz CT molecular complexity index is 646. The minimum atomic E-state index is 0.304. The molecule has 3 N–H and O–H groups in total. The topological polar surface area (TPSA) is 50.9 Å². The van der Waals surface area contributed by atoms with Gasteiger partial charge in [-0.15, -0.1) is 0 Å². The maximum absolute atomic E-state index is 6.06. The molecule has 19 heavy (non-hydrogen) atoms. The van der Waals surface area contributed by atoms with E-state index in [9.17, 15) is 0 Å². The van der Waals surface area contributed by atoms with Gasteiger partial charge in [0.2, 0.25) is 0 Å². The van der Waals surface area contributed by atoms with Crippen molar-refractivity contribution in [2.75, 3.05) is 5.32 Å². The molecule has 0 aliphatic rings. The number of hydrogen-bond acceptors (Lipinski definition) is 3. The summed E-state index contributed by atoms with van der Waals surface area (Å²) in [5.41, 5.74) is 8.10. The van der Waals surface area contributed by atoms with E-state index in [-0.39, 0.29) is 0 Å². The number of halogens is 2. The minimum Gasteiger partial charge on any atom is -0.389 e. The highest BCUT2D eigenvalue weighted by Crippen LogP contribution is 2.27. The van der Waals surface area contributed by atoms with Crippen LogP contribution in [0.1, 0.15) is 11.3 Å². The molecule has 1 aromatic carbocycles. The minimum absolute atomic E-state index is 0.304. The molecular weight excluding hydrogens is 346 g/mol. The number of thiocarbonyl (C=S) groups is 1. The molecule has 0 fully saturated rings. The fourth-order valence-corrected chi connectivity index (χ4v) is 2.15. The molecule has 0 saturated heterocycles.